The summed E-state index contributed by atoms with van der Waals surface area (Å²) >= 11 is 0. The van der Waals surface area contributed by atoms with Crippen LogP contribution in [0.1, 0.15) is 13.3 Å². The van der Waals surface area contributed by atoms with Crippen LogP contribution < -0.4 is 0 Å². The first-order chi connectivity index (χ1) is 5.70. The Labute approximate surface area is 72.1 Å². The van der Waals surface area contributed by atoms with Crippen LogP contribution in [0, 0.1) is 5.41 Å². The number of aliphatic hydroxyl groups is 2. The van der Waals surface area contributed by atoms with E-state index in [1.807, 2.05) is 6.92 Å². The van der Waals surface area contributed by atoms with E-state index >= 15 is 0 Å². The van der Waals surface area contributed by atoms with Gasteiger partial charge in [0, 0.05) is 12.5 Å². The zero-order valence-electron chi connectivity index (χ0n) is 7.49. The Kier molecular flexibility index (Phi) is 3.06. The predicted molar refractivity (Wildman–Crippen MR) is 42.6 cm³/mol. The number of aliphatic hydroxyl groups excluding tert-OH is 2. The van der Waals surface area contributed by atoms with Crippen LogP contribution in [0.15, 0.2) is 0 Å². The molecule has 2 N–H and O–H groups in total. The first kappa shape index (κ1) is 9.92. The van der Waals surface area contributed by atoms with Crippen molar-refractivity contribution < 1.29 is 19.7 Å². The van der Waals surface area contributed by atoms with Gasteiger partial charge in [0.15, 0.2) is 6.29 Å². The average molecular weight is 176 g/mol. The van der Waals surface area contributed by atoms with Gasteiger partial charge in [-0.05, 0) is 6.42 Å². The second-order valence-corrected chi connectivity index (χ2v) is 3.23. The molecule has 4 nitrogen and oxygen atoms in total. The highest BCUT2D eigenvalue weighted by Crippen LogP contribution is 2.35. The normalized spacial score (nSPS) is 42.0. The third-order valence-corrected chi connectivity index (χ3v) is 2.67. The molecule has 0 spiro atoms. The van der Waals surface area contributed by atoms with Crippen molar-refractivity contribution in [2.24, 2.45) is 5.41 Å². The maximum atomic E-state index is 9.69. The molecule has 1 saturated heterocycles. The minimum Gasteiger partial charge on any atom is -0.396 e. The Bertz CT molecular complexity index is 144. The largest absolute Gasteiger partial charge is 0.396 e. The molecule has 0 unspecified atom stereocenters. The molecular formula is C8H16O4. The predicted octanol–water partition coefficient (Wildman–Crippen LogP) is -0.261. The molecule has 0 aliphatic carbocycles. The minimum absolute atomic E-state index is 0.0650. The quantitative estimate of drug-likeness (QED) is 0.622. The van der Waals surface area contributed by atoms with Gasteiger partial charge in [-0.3, -0.25) is 0 Å². The van der Waals surface area contributed by atoms with Crippen LogP contribution in [0.4, 0.5) is 0 Å². The molecule has 0 saturated carbocycles. The summed E-state index contributed by atoms with van der Waals surface area (Å²) in [5, 5.41) is 18.8. The Balaban J connectivity index is 2.68. The van der Waals surface area contributed by atoms with E-state index in [1.54, 1.807) is 0 Å². The van der Waals surface area contributed by atoms with Gasteiger partial charge in [0.2, 0.25) is 0 Å². The maximum absolute atomic E-state index is 9.69. The Morgan fingerprint density at radius 2 is 2.33 bits per heavy atom. The Hall–Kier alpha value is -0.160. The molecule has 1 fully saturated rings. The number of rotatable bonds is 3. The van der Waals surface area contributed by atoms with E-state index in [2.05, 4.69) is 0 Å². The molecule has 72 valence electrons. The van der Waals surface area contributed by atoms with Crippen LogP contribution >= 0.6 is 0 Å². The SMILES string of the molecule is CC[C@@]1(CO)CO[C@H](OC)[C@H]1O. The van der Waals surface area contributed by atoms with E-state index in [4.69, 9.17) is 14.6 Å². The fourth-order valence-corrected chi connectivity index (χ4v) is 1.47. The van der Waals surface area contributed by atoms with E-state index in [0.717, 1.165) is 0 Å². The number of methoxy groups -OCH3 is 1. The Morgan fingerprint density at radius 1 is 1.67 bits per heavy atom. The highest BCUT2D eigenvalue weighted by atomic mass is 16.7. The van der Waals surface area contributed by atoms with E-state index < -0.39 is 17.8 Å². The standard InChI is InChI=1S/C8H16O4/c1-3-8(4-9)5-12-7(11-2)6(8)10/h6-7,9-10H,3-5H2,1-2H3/t6-,7+,8-/m1/s1. The monoisotopic (exact) mass is 176 g/mol. The van der Waals surface area contributed by atoms with Crippen molar-refractivity contribution in [1.82, 2.24) is 0 Å². The first-order valence-corrected chi connectivity index (χ1v) is 4.13. The fourth-order valence-electron chi connectivity index (χ4n) is 1.47. The fraction of sp³-hybridized carbons (Fsp3) is 1.00. The summed E-state index contributed by atoms with van der Waals surface area (Å²) in [6.07, 6.45) is -0.626. The molecular weight excluding hydrogens is 160 g/mol. The van der Waals surface area contributed by atoms with Crippen LogP contribution in [0.3, 0.4) is 0 Å². The van der Waals surface area contributed by atoms with Crippen molar-refractivity contribution in [3.8, 4) is 0 Å². The van der Waals surface area contributed by atoms with Crippen LogP contribution in [0.2, 0.25) is 0 Å². The molecule has 0 aromatic heterocycles. The lowest BCUT2D eigenvalue weighted by Crippen LogP contribution is -2.40. The lowest BCUT2D eigenvalue weighted by atomic mass is 9.83. The molecule has 1 heterocycles. The zero-order valence-corrected chi connectivity index (χ0v) is 7.49. The molecule has 0 bridgehead atoms. The van der Waals surface area contributed by atoms with E-state index in [9.17, 15) is 5.11 Å². The number of ether oxygens (including phenoxy) is 2. The van der Waals surface area contributed by atoms with Crippen molar-refractivity contribution in [2.45, 2.75) is 25.7 Å². The van der Waals surface area contributed by atoms with Crippen molar-refractivity contribution in [1.29, 1.82) is 0 Å². The Morgan fingerprint density at radius 3 is 2.58 bits per heavy atom. The third kappa shape index (κ3) is 1.35. The average Bonchev–Trinajstić information content (AvgIpc) is 2.43. The summed E-state index contributed by atoms with van der Waals surface area (Å²) in [7, 11) is 1.48. The highest BCUT2D eigenvalue weighted by Gasteiger charge is 2.47. The van der Waals surface area contributed by atoms with Crippen LogP contribution in [0.25, 0.3) is 0 Å². The van der Waals surface area contributed by atoms with Gasteiger partial charge in [-0.1, -0.05) is 6.92 Å². The van der Waals surface area contributed by atoms with Gasteiger partial charge < -0.3 is 19.7 Å². The lowest BCUT2D eigenvalue weighted by molar-refractivity contribution is -0.137. The second kappa shape index (κ2) is 3.70. The van der Waals surface area contributed by atoms with Gasteiger partial charge >= 0.3 is 0 Å². The molecule has 4 heteroatoms. The highest BCUT2D eigenvalue weighted by molar-refractivity contribution is 4.91. The van der Waals surface area contributed by atoms with Gasteiger partial charge in [-0.2, -0.15) is 0 Å². The molecule has 0 aromatic rings. The van der Waals surface area contributed by atoms with Gasteiger partial charge in [-0.25, -0.2) is 0 Å². The van der Waals surface area contributed by atoms with E-state index in [1.165, 1.54) is 7.11 Å². The molecule has 12 heavy (non-hydrogen) atoms. The molecule has 0 radical (unpaired) electrons. The second-order valence-electron chi connectivity index (χ2n) is 3.23. The molecule has 0 aromatic carbocycles. The van der Waals surface area contributed by atoms with Crippen molar-refractivity contribution in [3.05, 3.63) is 0 Å². The van der Waals surface area contributed by atoms with Gasteiger partial charge in [-0.15, -0.1) is 0 Å². The van der Waals surface area contributed by atoms with E-state index in [-0.39, 0.29) is 6.61 Å². The number of hydrogen-bond acceptors (Lipinski definition) is 4. The summed E-state index contributed by atoms with van der Waals surface area (Å²) in [6.45, 7) is 2.21. The zero-order chi connectivity index (χ0) is 9.19. The molecule has 1 rings (SSSR count). The summed E-state index contributed by atoms with van der Waals surface area (Å²) in [4.78, 5) is 0. The topological polar surface area (TPSA) is 58.9 Å². The lowest BCUT2D eigenvalue weighted by Gasteiger charge is -2.27. The van der Waals surface area contributed by atoms with Crippen LogP contribution in [-0.2, 0) is 9.47 Å². The van der Waals surface area contributed by atoms with Crippen molar-refractivity contribution >= 4 is 0 Å². The molecule has 1 aliphatic heterocycles. The summed E-state index contributed by atoms with van der Waals surface area (Å²) in [5.74, 6) is 0. The third-order valence-electron chi connectivity index (χ3n) is 2.67. The first-order valence-electron chi connectivity index (χ1n) is 4.13. The van der Waals surface area contributed by atoms with Crippen molar-refractivity contribution in [3.63, 3.8) is 0 Å². The summed E-state index contributed by atoms with van der Waals surface area (Å²) < 4.78 is 10.1. The summed E-state index contributed by atoms with van der Waals surface area (Å²) in [6, 6.07) is 0. The van der Waals surface area contributed by atoms with Gasteiger partial charge in [0.05, 0.1) is 13.2 Å². The maximum Gasteiger partial charge on any atom is 0.183 e. The van der Waals surface area contributed by atoms with Crippen LogP contribution in [0.5, 0.6) is 0 Å². The van der Waals surface area contributed by atoms with Gasteiger partial charge in [0.1, 0.15) is 6.10 Å². The minimum atomic E-state index is -0.725. The summed E-state index contributed by atoms with van der Waals surface area (Å²) in [5.41, 5.74) is -0.527. The van der Waals surface area contributed by atoms with Crippen molar-refractivity contribution in [2.75, 3.05) is 20.3 Å². The van der Waals surface area contributed by atoms with Gasteiger partial charge in [0.25, 0.3) is 0 Å². The molecule has 3 atom stereocenters. The molecule has 0 amide bonds. The number of hydrogen-bond donors (Lipinski definition) is 2. The van der Waals surface area contributed by atoms with Crippen LogP contribution in [-0.4, -0.2) is 42.9 Å². The van der Waals surface area contributed by atoms with E-state index in [0.29, 0.717) is 13.0 Å². The smallest absolute Gasteiger partial charge is 0.183 e. The molecule has 1 aliphatic rings.